The van der Waals surface area contributed by atoms with Gasteiger partial charge in [0.25, 0.3) is 0 Å². The second kappa shape index (κ2) is 5.32. The summed E-state index contributed by atoms with van der Waals surface area (Å²) in [6.07, 6.45) is 1.01. The summed E-state index contributed by atoms with van der Waals surface area (Å²) in [4.78, 5) is 0. The Hall–Kier alpha value is -1.38. The molecule has 3 rings (SSSR count). The van der Waals surface area contributed by atoms with Crippen LogP contribution in [0.25, 0.3) is 0 Å². The van der Waals surface area contributed by atoms with E-state index < -0.39 is 0 Å². The summed E-state index contributed by atoms with van der Waals surface area (Å²) < 4.78 is 5.86. The molecule has 0 fully saturated rings. The van der Waals surface area contributed by atoms with Crippen molar-refractivity contribution in [1.29, 1.82) is 0 Å². The lowest BCUT2D eigenvalue weighted by Gasteiger charge is -2.13. The maximum Gasteiger partial charge on any atom is 0.123 e. The van der Waals surface area contributed by atoms with Crippen LogP contribution in [-0.4, -0.2) is 12.6 Å². The Bertz CT molecular complexity index is 600. The van der Waals surface area contributed by atoms with E-state index in [4.69, 9.17) is 27.9 Å². The summed E-state index contributed by atoms with van der Waals surface area (Å²) in [6, 6.07) is 13.4. The fraction of sp³-hybridized carbons (Fsp3) is 0.200. The predicted molar refractivity (Wildman–Crippen MR) is 79.5 cm³/mol. The van der Waals surface area contributed by atoms with Crippen LogP contribution in [0.2, 0.25) is 10.0 Å². The molecule has 1 unspecified atom stereocenters. The van der Waals surface area contributed by atoms with Crippen LogP contribution in [0.5, 0.6) is 5.75 Å². The van der Waals surface area contributed by atoms with E-state index in [1.807, 2.05) is 42.5 Å². The average Bonchev–Trinajstić information content (AvgIpc) is 2.78. The summed E-state index contributed by atoms with van der Waals surface area (Å²) in [5, 5.41) is 4.82. The zero-order valence-electron chi connectivity index (χ0n) is 10.2. The molecular formula is C15H13Cl2NO. The van der Waals surface area contributed by atoms with Crippen molar-refractivity contribution in [3.8, 4) is 5.75 Å². The molecule has 1 aliphatic heterocycles. The molecule has 2 aromatic rings. The molecule has 19 heavy (non-hydrogen) atoms. The standard InChI is InChI=1S/C15H13Cl2NO/c16-11-2-1-3-13(8-11)18-9-14-7-10-6-12(17)4-5-15(10)19-14/h1-6,8,14,18H,7,9H2. The number of anilines is 1. The molecule has 0 saturated carbocycles. The van der Waals surface area contributed by atoms with Gasteiger partial charge in [-0.2, -0.15) is 0 Å². The minimum absolute atomic E-state index is 0.132. The highest BCUT2D eigenvalue weighted by molar-refractivity contribution is 6.31. The molecule has 0 aliphatic carbocycles. The van der Waals surface area contributed by atoms with Crippen LogP contribution in [-0.2, 0) is 6.42 Å². The molecule has 0 amide bonds. The highest BCUT2D eigenvalue weighted by atomic mass is 35.5. The normalized spacial score (nSPS) is 16.8. The summed E-state index contributed by atoms with van der Waals surface area (Å²) in [6.45, 7) is 0.743. The minimum atomic E-state index is 0.132. The number of ether oxygens (including phenoxy) is 1. The van der Waals surface area contributed by atoms with Crippen molar-refractivity contribution in [1.82, 2.24) is 0 Å². The Morgan fingerprint density at radius 1 is 1.11 bits per heavy atom. The lowest BCUT2D eigenvalue weighted by atomic mass is 10.1. The number of rotatable bonds is 3. The lowest BCUT2D eigenvalue weighted by molar-refractivity contribution is 0.246. The summed E-state index contributed by atoms with van der Waals surface area (Å²) >= 11 is 11.9. The third-order valence-corrected chi connectivity index (χ3v) is 3.59. The molecule has 2 nitrogen and oxygen atoms in total. The van der Waals surface area contributed by atoms with Crippen LogP contribution in [0.3, 0.4) is 0 Å². The summed E-state index contributed by atoms with van der Waals surface area (Å²) in [7, 11) is 0. The minimum Gasteiger partial charge on any atom is -0.488 e. The van der Waals surface area contributed by atoms with Crippen LogP contribution >= 0.6 is 23.2 Å². The number of hydrogen-bond acceptors (Lipinski definition) is 2. The van der Waals surface area contributed by atoms with Gasteiger partial charge in [-0.3, -0.25) is 0 Å². The molecule has 4 heteroatoms. The first-order chi connectivity index (χ1) is 9.20. The van der Waals surface area contributed by atoms with Crippen molar-refractivity contribution in [2.45, 2.75) is 12.5 Å². The molecule has 1 N–H and O–H groups in total. The topological polar surface area (TPSA) is 21.3 Å². The molecule has 1 aliphatic rings. The monoisotopic (exact) mass is 293 g/mol. The van der Waals surface area contributed by atoms with Crippen molar-refractivity contribution in [3.05, 3.63) is 58.1 Å². The van der Waals surface area contributed by atoms with Gasteiger partial charge in [-0.15, -0.1) is 0 Å². The molecule has 0 bridgehead atoms. The molecule has 1 heterocycles. The summed E-state index contributed by atoms with van der Waals surface area (Å²) in [5.41, 5.74) is 2.18. The van der Waals surface area contributed by atoms with Crippen LogP contribution < -0.4 is 10.1 Å². The van der Waals surface area contributed by atoms with Gasteiger partial charge in [-0.1, -0.05) is 29.3 Å². The SMILES string of the molecule is Clc1cccc(NCC2Cc3cc(Cl)ccc3O2)c1. The first-order valence-corrected chi connectivity index (χ1v) is 6.91. The van der Waals surface area contributed by atoms with E-state index in [0.29, 0.717) is 0 Å². The first kappa shape index (κ1) is 12.6. The lowest BCUT2D eigenvalue weighted by Crippen LogP contribution is -2.23. The maximum absolute atomic E-state index is 5.98. The zero-order chi connectivity index (χ0) is 13.2. The fourth-order valence-electron chi connectivity index (χ4n) is 2.23. The predicted octanol–water partition coefficient (Wildman–Crippen LogP) is 4.41. The van der Waals surface area contributed by atoms with E-state index in [2.05, 4.69) is 5.32 Å². The third kappa shape index (κ3) is 2.96. The van der Waals surface area contributed by atoms with Gasteiger partial charge in [-0.25, -0.2) is 0 Å². The Labute approximate surface area is 122 Å². The van der Waals surface area contributed by atoms with Crippen LogP contribution in [0.1, 0.15) is 5.56 Å². The van der Waals surface area contributed by atoms with Crippen molar-refractivity contribution >= 4 is 28.9 Å². The van der Waals surface area contributed by atoms with E-state index in [9.17, 15) is 0 Å². The number of halogens is 2. The average molecular weight is 294 g/mol. The van der Waals surface area contributed by atoms with Crippen LogP contribution in [0.15, 0.2) is 42.5 Å². The van der Waals surface area contributed by atoms with Crippen LogP contribution in [0, 0.1) is 0 Å². The van der Waals surface area contributed by atoms with Crippen LogP contribution in [0.4, 0.5) is 5.69 Å². The molecule has 2 aromatic carbocycles. The molecule has 0 saturated heterocycles. The highest BCUT2D eigenvalue weighted by Crippen LogP contribution is 2.31. The molecule has 1 atom stereocenters. The second-order valence-corrected chi connectivity index (χ2v) is 5.46. The van der Waals surface area contributed by atoms with E-state index in [0.717, 1.165) is 34.4 Å². The van der Waals surface area contributed by atoms with Gasteiger partial charge in [0.15, 0.2) is 0 Å². The Morgan fingerprint density at radius 3 is 2.79 bits per heavy atom. The Morgan fingerprint density at radius 2 is 1.95 bits per heavy atom. The van der Waals surface area contributed by atoms with Crippen molar-refractivity contribution in [3.63, 3.8) is 0 Å². The van der Waals surface area contributed by atoms with Gasteiger partial charge < -0.3 is 10.1 Å². The van der Waals surface area contributed by atoms with Crippen molar-refractivity contribution in [2.24, 2.45) is 0 Å². The van der Waals surface area contributed by atoms with Crippen molar-refractivity contribution in [2.75, 3.05) is 11.9 Å². The molecule has 98 valence electrons. The van der Waals surface area contributed by atoms with Crippen molar-refractivity contribution < 1.29 is 4.74 Å². The quantitative estimate of drug-likeness (QED) is 0.905. The van der Waals surface area contributed by atoms with Gasteiger partial charge in [0.05, 0.1) is 6.54 Å². The highest BCUT2D eigenvalue weighted by Gasteiger charge is 2.22. The largest absolute Gasteiger partial charge is 0.488 e. The maximum atomic E-state index is 5.98. The van der Waals surface area contributed by atoms with Gasteiger partial charge in [-0.05, 0) is 42.0 Å². The van der Waals surface area contributed by atoms with E-state index in [1.54, 1.807) is 0 Å². The zero-order valence-corrected chi connectivity index (χ0v) is 11.7. The van der Waals surface area contributed by atoms with Gasteiger partial charge in [0.1, 0.15) is 11.9 Å². The molecule has 0 radical (unpaired) electrons. The fourth-order valence-corrected chi connectivity index (χ4v) is 2.62. The van der Waals surface area contributed by atoms with Gasteiger partial charge >= 0.3 is 0 Å². The Kier molecular flexibility index (Phi) is 3.54. The number of benzene rings is 2. The molecule has 0 aromatic heterocycles. The first-order valence-electron chi connectivity index (χ1n) is 6.15. The van der Waals surface area contributed by atoms with Gasteiger partial charge in [0.2, 0.25) is 0 Å². The van der Waals surface area contributed by atoms with E-state index in [1.165, 1.54) is 5.56 Å². The van der Waals surface area contributed by atoms with E-state index in [-0.39, 0.29) is 6.10 Å². The summed E-state index contributed by atoms with van der Waals surface area (Å²) in [5.74, 6) is 0.933. The molecular weight excluding hydrogens is 281 g/mol. The van der Waals surface area contributed by atoms with Gasteiger partial charge in [0, 0.05) is 22.2 Å². The van der Waals surface area contributed by atoms with E-state index >= 15 is 0 Å². The smallest absolute Gasteiger partial charge is 0.123 e. The number of nitrogens with one attached hydrogen (secondary N) is 1. The number of hydrogen-bond donors (Lipinski definition) is 1. The third-order valence-electron chi connectivity index (χ3n) is 3.12. The Balaban J connectivity index is 1.62. The second-order valence-electron chi connectivity index (χ2n) is 4.59. The number of fused-ring (bicyclic) bond motifs is 1. The molecule has 0 spiro atoms.